The number of alkyl halides is 2. The SMILES string of the molecule is C[C@H](COC(F)F)Nc1ncc(C(=O)NC2CCCCC2)c(NC2CCC(O)CC2)n1. The van der Waals surface area contributed by atoms with E-state index in [1.807, 2.05) is 0 Å². The summed E-state index contributed by atoms with van der Waals surface area (Å²) in [4.78, 5) is 21.6. The van der Waals surface area contributed by atoms with Crippen molar-refractivity contribution in [3.63, 3.8) is 0 Å². The number of aliphatic hydroxyl groups excluding tert-OH is 1. The second-order valence-corrected chi connectivity index (χ2v) is 8.55. The molecule has 0 radical (unpaired) electrons. The normalized spacial score (nSPS) is 23.4. The number of halogens is 2. The number of nitrogens with one attached hydrogen (secondary N) is 3. The Morgan fingerprint density at radius 3 is 2.55 bits per heavy atom. The van der Waals surface area contributed by atoms with Gasteiger partial charge in [-0.05, 0) is 45.4 Å². The van der Waals surface area contributed by atoms with E-state index in [4.69, 9.17) is 0 Å². The minimum atomic E-state index is -2.84. The van der Waals surface area contributed by atoms with Crippen LogP contribution >= 0.6 is 0 Å². The van der Waals surface area contributed by atoms with Crippen LogP contribution in [0.4, 0.5) is 20.5 Å². The fraction of sp³-hybridized carbons (Fsp3) is 0.762. The molecule has 0 aliphatic heterocycles. The van der Waals surface area contributed by atoms with Crippen LogP contribution in [0, 0.1) is 0 Å². The lowest BCUT2D eigenvalue weighted by Gasteiger charge is -2.28. The lowest BCUT2D eigenvalue weighted by Crippen LogP contribution is -2.37. The van der Waals surface area contributed by atoms with E-state index in [0.29, 0.717) is 24.2 Å². The number of hydrogen-bond donors (Lipinski definition) is 4. The minimum Gasteiger partial charge on any atom is -0.393 e. The quantitative estimate of drug-likeness (QED) is 0.466. The molecule has 0 saturated heterocycles. The van der Waals surface area contributed by atoms with Crippen LogP contribution in [0.15, 0.2) is 6.20 Å². The Hall–Kier alpha value is -2.07. The molecule has 0 aromatic carbocycles. The van der Waals surface area contributed by atoms with Crippen molar-refractivity contribution in [2.75, 3.05) is 17.2 Å². The van der Waals surface area contributed by atoms with Crippen LogP contribution in [0.1, 0.15) is 75.1 Å². The van der Waals surface area contributed by atoms with Crippen molar-refractivity contribution in [2.24, 2.45) is 0 Å². The highest BCUT2D eigenvalue weighted by Gasteiger charge is 2.24. The molecule has 0 spiro atoms. The Kier molecular flexibility index (Phi) is 8.77. The first-order chi connectivity index (χ1) is 14.9. The van der Waals surface area contributed by atoms with Crippen LogP contribution in [0.25, 0.3) is 0 Å². The average molecular weight is 442 g/mol. The average Bonchev–Trinajstić information content (AvgIpc) is 2.75. The van der Waals surface area contributed by atoms with Crippen molar-refractivity contribution in [1.29, 1.82) is 0 Å². The number of hydrogen-bond acceptors (Lipinski definition) is 7. The Bertz CT molecular complexity index is 710. The van der Waals surface area contributed by atoms with Gasteiger partial charge in [0.05, 0.1) is 12.7 Å². The maximum absolute atomic E-state index is 12.9. The van der Waals surface area contributed by atoms with Crippen molar-refractivity contribution in [1.82, 2.24) is 15.3 Å². The second kappa shape index (κ2) is 11.5. The van der Waals surface area contributed by atoms with Crippen molar-refractivity contribution in [3.8, 4) is 0 Å². The van der Waals surface area contributed by atoms with Crippen molar-refractivity contribution >= 4 is 17.7 Å². The molecule has 1 aromatic heterocycles. The topological polar surface area (TPSA) is 108 Å². The van der Waals surface area contributed by atoms with E-state index < -0.39 is 12.7 Å². The number of rotatable bonds is 9. The molecular formula is C21H33F2N5O3. The summed E-state index contributed by atoms with van der Waals surface area (Å²) in [6.45, 7) is -1.35. The fourth-order valence-corrected chi connectivity index (χ4v) is 4.13. The Morgan fingerprint density at radius 1 is 1.16 bits per heavy atom. The Balaban J connectivity index is 1.71. The molecule has 2 aliphatic carbocycles. The van der Waals surface area contributed by atoms with Gasteiger partial charge < -0.3 is 25.8 Å². The number of amides is 1. The predicted octanol–water partition coefficient (Wildman–Crippen LogP) is 3.29. The third-order valence-corrected chi connectivity index (χ3v) is 5.86. The van der Waals surface area contributed by atoms with Gasteiger partial charge in [-0.15, -0.1) is 0 Å². The molecule has 3 rings (SSSR count). The molecule has 2 fully saturated rings. The first kappa shape index (κ1) is 23.6. The molecule has 8 nitrogen and oxygen atoms in total. The van der Waals surface area contributed by atoms with Crippen LogP contribution in [-0.4, -0.2) is 58.4 Å². The first-order valence-electron chi connectivity index (χ1n) is 11.2. The van der Waals surface area contributed by atoms with Gasteiger partial charge in [-0.25, -0.2) is 4.98 Å². The smallest absolute Gasteiger partial charge is 0.345 e. The number of anilines is 2. The predicted molar refractivity (Wildman–Crippen MR) is 113 cm³/mol. The third-order valence-electron chi connectivity index (χ3n) is 5.86. The van der Waals surface area contributed by atoms with Crippen LogP contribution in [-0.2, 0) is 4.74 Å². The first-order valence-corrected chi connectivity index (χ1v) is 11.2. The molecule has 10 heteroatoms. The Labute approximate surface area is 181 Å². The van der Waals surface area contributed by atoms with E-state index in [1.54, 1.807) is 6.92 Å². The number of aromatic nitrogens is 2. The van der Waals surface area contributed by atoms with E-state index in [9.17, 15) is 18.7 Å². The molecule has 1 atom stereocenters. The van der Waals surface area contributed by atoms with E-state index in [-0.39, 0.29) is 36.7 Å². The van der Waals surface area contributed by atoms with E-state index in [1.165, 1.54) is 12.6 Å². The van der Waals surface area contributed by atoms with Crippen molar-refractivity contribution < 1.29 is 23.4 Å². The molecule has 0 bridgehead atoms. The van der Waals surface area contributed by atoms with Crippen LogP contribution < -0.4 is 16.0 Å². The van der Waals surface area contributed by atoms with Gasteiger partial charge in [-0.1, -0.05) is 19.3 Å². The minimum absolute atomic E-state index is 0.0898. The number of carbonyl (C=O) groups is 1. The summed E-state index contributed by atoms with van der Waals surface area (Å²) in [7, 11) is 0. The second-order valence-electron chi connectivity index (χ2n) is 8.55. The number of ether oxygens (including phenoxy) is 1. The van der Waals surface area contributed by atoms with Gasteiger partial charge in [0, 0.05) is 24.3 Å². The summed E-state index contributed by atoms with van der Waals surface area (Å²) in [6.07, 6.45) is 9.47. The molecular weight excluding hydrogens is 408 g/mol. The van der Waals surface area contributed by atoms with Gasteiger partial charge in [0.1, 0.15) is 11.4 Å². The summed E-state index contributed by atoms with van der Waals surface area (Å²) in [5.74, 6) is 0.429. The Morgan fingerprint density at radius 2 is 1.87 bits per heavy atom. The monoisotopic (exact) mass is 441 g/mol. The molecule has 0 unspecified atom stereocenters. The third kappa shape index (κ3) is 7.53. The van der Waals surface area contributed by atoms with Gasteiger partial charge in [-0.3, -0.25) is 4.79 Å². The highest BCUT2D eigenvalue weighted by Crippen LogP contribution is 2.25. The van der Waals surface area contributed by atoms with Crippen molar-refractivity contribution in [2.45, 2.75) is 95.6 Å². The van der Waals surface area contributed by atoms with Gasteiger partial charge in [0.2, 0.25) is 5.95 Å². The standard InChI is InChI=1S/C21H33F2N5O3/c1-13(12-31-20(22)23)25-21-24-11-17(19(30)27-14-5-3-2-4-6-14)18(28-21)26-15-7-9-16(29)10-8-15/h11,13-16,20,29H,2-10,12H2,1H3,(H,27,30)(H2,24,25,26,28)/t13-,15?,16?/m1/s1. The summed E-state index contributed by atoms with van der Waals surface area (Å²) >= 11 is 0. The van der Waals surface area contributed by atoms with Gasteiger partial charge in [0.25, 0.3) is 5.91 Å². The number of carbonyl (C=O) groups excluding carboxylic acids is 1. The number of aliphatic hydroxyl groups is 1. The van der Waals surface area contributed by atoms with E-state index in [2.05, 4.69) is 30.7 Å². The zero-order chi connectivity index (χ0) is 22.2. The van der Waals surface area contributed by atoms with Crippen molar-refractivity contribution in [3.05, 3.63) is 11.8 Å². The lowest BCUT2D eigenvalue weighted by atomic mass is 9.93. The fourth-order valence-electron chi connectivity index (χ4n) is 4.13. The molecule has 1 heterocycles. The molecule has 4 N–H and O–H groups in total. The van der Waals surface area contributed by atoms with E-state index >= 15 is 0 Å². The number of nitrogens with zero attached hydrogens (tertiary/aromatic N) is 2. The maximum atomic E-state index is 12.9. The van der Waals surface area contributed by atoms with Gasteiger partial charge in [-0.2, -0.15) is 13.8 Å². The van der Waals surface area contributed by atoms with Crippen LogP contribution in [0.5, 0.6) is 0 Å². The molecule has 2 aliphatic rings. The van der Waals surface area contributed by atoms with Gasteiger partial charge in [0.15, 0.2) is 0 Å². The van der Waals surface area contributed by atoms with Crippen LogP contribution in [0.2, 0.25) is 0 Å². The zero-order valence-corrected chi connectivity index (χ0v) is 17.9. The molecule has 174 valence electrons. The zero-order valence-electron chi connectivity index (χ0n) is 17.9. The van der Waals surface area contributed by atoms with Gasteiger partial charge >= 0.3 is 6.61 Å². The van der Waals surface area contributed by atoms with E-state index in [0.717, 1.165) is 38.5 Å². The molecule has 1 aromatic rings. The van der Waals surface area contributed by atoms with Crippen LogP contribution in [0.3, 0.4) is 0 Å². The summed E-state index contributed by atoms with van der Waals surface area (Å²) in [5, 5.41) is 19.1. The molecule has 2 saturated carbocycles. The highest BCUT2D eigenvalue weighted by atomic mass is 19.3. The largest absolute Gasteiger partial charge is 0.393 e. The molecule has 31 heavy (non-hydrogen) atoms. The summed E-state index contributed by atoms with van der Waals surface area (Å²) < 4.78 is 28.9. The maximum Gasteiger partial charge on any atom is 0.345 e. The summed E-state index contributed by atoms with van der Waals surface area (Å²) in [5.41, 5.74) is 0.360. The summed E-state index contributed by atoms with van der Waals surface area (Å²) in [6, 6.07) is -0.191. The lowest BCUT2D eigenvalue weighted by molar-refractivity contribution is -0.130. The molecule has 1 amide bonds. The highest BCUT2D eigenvalue weighted by molar-refractivity contribution is 5.98.